The summed E-state index contributed by atoms with van der Waals surface area (Å²) in [6, 6.07) is 1.99. The number of nitrogens with one attached hydrogen (secondary N) is 2. The van der Waals surface area contributed by atoms with E-state index in [0.29, 0.717) is 25.0 Å². The summed E-state index contributed by atoms with van der Waals surface area (Å²) in [6.07, 6.45) is 7.36. The molecule has 0 atom stereocenters. The minimum Gasteiger partial charge on any atom is -0.359 e. The van der Waals surface area contributed by atoms with Gasteiger partial charge in [-0.15, -0.1) is 6.42 Å². The molecule has 5 heteroatoms. The Bertz CT molecular complexity index is 455. The van der Waals surface area contributed by atoms with E-state index in [1.807, 2.05) is 13.0 Å². The Kier molecular flexibility index (Phi) is 7.26. The van der Waals surface area contributed by atoms with Crippen LogP contribution >= 0.6 is 0 Å². The van der Waals surface area contributed by atoms with E-state index in [1.165, 1.54) is 0 Å². The molecule has 0 aliphatic heterocycles. The van der Waals surface area contributed by atoms with Gasteiger partial charge in [-0.3, -0.25) is 0 Å². The van der Waals surface area contributed by atoms with Gasteiger partial charge in [0, 0.05) is 18.5 Å². The molecule has 0 aliphatic rings. The molecule has 1 aromatic rings. The normalized spacial score (nSPS) is 11.4. The minimum absolute atomic E-state index is 0.446. The monoisotopic (exact) mass is 276 g/mol. The average molecular weight is 276 g/mol. The largest absolute Gasteiger partial charge is 0.359 e. The molecule has 1 heterocycles. The molecule has 1 aromatic heterocycles. The predicted octanol–water partition coefficient (Wildman–Crippen LogP) is 2.27. The van der Waals surface area contributed by atoms with Crippen LogP contribution in [0.5, 0.6) is 0 Å². The number of nitrogens with zero attached hydrogens (tertiary/aromatic N) is 2. The van der Waals surface area contributed by atoms with Crippen LogP contribution in [0.3, 0.4) is 0 Å². The fourth-order valence-electron chi connectivity index (χ4n) is 1.94. The van der Waals surface area contributed by atoms with Crippen LogP contribution < -0.4 is 10.6 Å². The van der Waals surface area contributed by atoms with Crippen LogP contribution in [0.1, 0.15) is 51.0 Å². The lowest BCUT2D eigenvalue weighted by atomic mass is 9.99. The maximum absolute atomic E-state index is 5.33. The van der Waals surface area contributed by atoms with Gasteiger partial charge in [0.15, 0.2) is 11.7 Å². The van der Waals surface area contributed by atoms with Gasteiger partial charge < -0.3 is 15.2 Å². The molecule has 0 amide bonds. The fraction of sp³-hybridized carbons (Fsp3) is 0.600. The first-order valence-corrected chi connectivity index (χ1v) is 7.16. The highest BCUT2D eigenvalue weighted by Crippen LogP contribution is 2.22. The summed E-state index contributed by atoms with van der Waals surface area (Å²) in [5, 5.41) is 10.3. The van der Waals surface area contributed by atoms with Gasteiger partial charge in [-0.25, -0.2) is 4.99 Å². The zero-order chi connectivity index (χ0) is 14.8. The van der Waals surface area contributed by atoms with Crippen LogP contribution in [-0.4, -0.2) is 24.2 Å². The Morgan fingerprint density at radius 1 is 1.40 bits per heavy atom. The van der Waals surface area contributed by atoms with E-state index in [2.05, 4.69) is 40.6 Å². The first kappa shape index (κ1) is 16.1. The van der Waals surface area contributed by atoms with Crippen LogP contribution in [-0.2, 0) is 6.54 Å². The van der Waals surface area contributed by atoms with Crippen molar-refractivity contribution < 1.29 is 4.52 Å². The van der Waals surface area contributed by atoms with E-state index in [4.69, 9.17) is 10.9 Å². The Hall–Kier alpha value is -1.96. The molecule has 0 bridgehead atoms. The molecule has 20 heavy (non-hydrogen) atoms. The molecule has 0 aromatic carbocycles. The maximum atomic E-state index is 5.33. The van der Waals surface area contributed by atoms with Gasteiger partial charge in [0.25, 0.3) is 0 Å². The van der Waals surface area contributed by atoms with Gasteiger partial charge >= 0.3 is 0 Å². The van der Waals surface area contributed by atoms with Crippen molar-refractivity contribution in [3.05, 3.63) is 17.5 Å². The summed E-state index contributed by atoms with van der Waals surface area (Å²) in [5.74, 6) is 4.44. The maximum Gasteiger partial charge on any atom is 0.192 e. The van der Waals surface area contributed by atoms with Crippen molar-refractivity contribution in [3.63, 3.8) is 0 Å². The molecular weight excluding hydrogens is 252 g/mol. The molecule has 0 aliphatic carbocycles. The van der Waals surface area contributed by atoms with Crippen LogP contribution in [0.4, 0.5) is 0 Å². The molecule has 1 rings (SSSR count). The number of hydrogen-bond acceptors (Lipinski definition) is 3. The van der Waals surface area contributed by atoms with Crippen molar-refractivity contribution in [2.75, 3.05) is 13.1 Å². The predicted molar refractivity (Wildman–Crippen MR) is 81.5 cm³/mol. The van der Waals surface area contributed by atoms with Crippen molar-refractivity contribution in [1.82, 2.24) is 15.8 Å². The standard InChI is InChI=1S/C15H24N4O/c1-5-9-17-15(16-8-4)18-11-13-10-14(19-20-13)12(6-2)7-3/h1,10,12H,6-9,11H2,2-4H3,(H2,16,17,18). The van der Waals surface area contributed by atoms with E-state index in [9.17, 15) is 0 Å². The number of aromatic nitrogens is 1. The van der Waals surface area contributed by atoms with E-state index < -0.39 is 0 Å². The van der Waals surface area contributed by atoms with Gasteiger partial charge in [0.2, 0.25) is 0 Å². The molecule has 2 N–H and O–H groups in total. The smallest absolute Gasteiger partial charge is 0.192 e. The van der Waals surface area contributed by atoms with Crippen molar-refractivity contribution in [2.45, 2.75) is 46.1 Å². The number of hydrogen-bond donors (Lipinski definition) is 2. The second-order valence-electron chi connectivity index (χ2n) is 4.48. The first-order chi connectivity index (χ1) is 9.74. The van der Waals surface area contributed by atoms with Gasteiger partial charge in [0.05, 0.1) is 12.2 Å². The molecule has 0 radical (unpaired) electrons. The fourth-order valence-corrected chi connectivity index (χ4v) is 1.94. The van der Waals surface area contributed by atoms with Crippen LogP contribution in [0.2, 0.25) is 0 Å². The van der Waals surface area contributed by atoms with Crippen molar-refractivity contribution >= 4 is 5.96 Å². The number of rotatable bonds is 7. The summed E-state index contributed by atoms with van der Waals surface area (Å²) in [5.41, 5.74) is 1.02. The molecule has 5 nitrogen and oxygen atoms in total. The molecule has 0 unspecified atom stereocenters. The number of aliphatic imine (C=N–C) groups is 1. The zero-order valence-corrected chi connectivity index (χ0v) is 12.6. The molecule has 0 fully saturated rings. The Morgan fingerprint density at radius 2 is 2.15 bits per heavy atom. The molecular formula is C15H24N4O. The Morgan fingerprint density at radius 3 is 2.75 bits per heavy atom. The number of guanidine groups is 1. The van der Waals surface area contributed by atoms with Crippen LogP contribution in [0.25, 0.3) is 0 Å². The highest BCUT2D eigenvalue weighted by atomic mass is 16.5. The summed E-state index contributed by atoms with van der Waals surface area (Å²) in [7, 11) is 0. The lowest BCUT2D eigenvalue weighted by molar-refractivity contribution is 0.372. The highest BCUT2D eigenvalue weighted by Gasteiger charge is 2.12. The molecule has 0 saturated carbocycles. The van der Waals surface area contributed by atoms with Gasteiger partial charge in [-0.05, 0) is 19.8 Å². The van der Waals surface area contributed by atoms with Gasteiger partial charge in [-0.1, -0.05) is 24.9 Å². The quantitative estimate of drug-likeness (QED) is 0.455. The third kappa shape index (κ3) is 4.96. The molecule has 0 saturated heterocycles. The van der Waals surface area contributed by atoms with Crippen molar-refractivity contribution in [3.8, 4) is 12.3 Å². The Balaban J connectivity index is 2.65. The zero-order valence-electron chi connectivity index (χ0n) is 12.6. The average Bonchev–Trinajstić information content (AvgIpc) is 2.92. The van der Waals surface area contributed by atoms with Crippen molar-refractivity contribution in [1.29, 1.82) is 0 Å². The lowest BCUT2D eigenvalue weighted by Crippen LogP contribution is -2.37. The third-order valence-corrected chi connectivity index (χ3v) is 3.08. The SMILES string of the molecule is C#CCNC(=NCc1cc(C(CC)CC)no1)NCC. The second-order valence-corrected chi connectivity index (χ2v) is 4.48. The third-order valence-electron chi connectivity index (χ3n) is 3.08. The van der Waals surface area contributed by atoms with Gasteiger partial charge in [0.1, 0.15) is 6.54 Å². The summed E-state index contributed by atoms with van der Waals surface area (Å²) < 4.78 is 5.33. The van der Waals surface area contributed by atoms with E-state index in [-0.39, 0.29) is 0 Å². The number of terminal acetylenes is 1. The molecule has 0 spiro atoms. The van der Waals surface area contributed by atoms with E-state index >= 15 is 0 Å². The van der Waals surface area contributed by atoms with Crippen LogP contribution in [0, 0.1) is 12.3 Å². The van der Waals surface area contributed by atoms with Crippen LogP contribution in [0.15, 0.2) is 15.6 Å². The Labute approximate surface area is 121 Å². The summed E-state index contributed by atoms with van der Waals surface area (Å²) in [4.78, 5) is 4.41. The summed E-state index contributed by atoms with van der Waals surface area (Å²) >= 11 is 0. The first-order valence-electron chi connectivity index (χ1n) is 7.16. The highest BCUT2D eigenvalue weighted by molar-refractivity contribution is 5.79. The van der Waals surface area contributed by atoms with Gasteiger partial charge in [-0.2, -0.15) is 0 Å². The topological polar surface area (TPSA) is 62.5 Å². The lowest BCUT2D eigenvalue weighted by Gasteiger charge is -2.07. The van der Waals surface area contributed by atoms with E-state index in [0.717, 1.165) is 30.8 Å². The molecule has 110 valence electrons. The summed E-state index contributed by atoms with van der Waals surface area (Å²) in [6.45, 7) is 8.01. The second kappa shape index (κ2) is 9.03. The minimum atomic E-state index is 0.446. The van der Waals surface area contributed by atoms with E-state index in [1.54, 1.807) is 0 Å². The van der Waals surface area contributed by atoms with Crippen molar-refractivity contribution in [2.24, 2.45) is 4.99 Å².